The first-order chi connectivity index (χ1) is 14.2. The molecule has 0 spiro atoms. The molecule has 1 saturated heterocycles. The highest BCUT2D eigenvalue weighted by molar-refractivity contribution is 6.29. The minimum absolute atomic E-state index is 0.0310. The molecule has 2 aromatic heterocycles. The SMILES string of the molecule is O=C(C[C@@H](c1ccc(Cl)nc1)c1c[nH]c2ccccc12)NCCN1CCOCC1. The van der Waals surface area contributed by atoms with Gasteiger partial charge in [-0.25, -0.2) is 4.98 Å². The van der Waals surface area contributed by atoms with Gasteiger partial charge < -0.3 is 15.0 Å². The number of halogens is 1. The maximum absolute atomic E-state index is 12.8. The number of H-pyrrole nitrogens is 1. The number of carbonyl (C=O) groups is 1. The fourth-order valence-electron chi connectivity index (χ4n) is 3.82. The quantitative estimate of drug-likeness (QED) is 0.585. The van der Waals surface area contributed by atoms with Gasteiger partial charge in [0, 0.05) is 61.8 Å². The Labute approximate surface area is 175 Å². The number of aromatic nitrogens is 2. The molecule has 3 aromatic rings. The molecule has 1 fully saturated rings. The molecule has 7 heteroatoms. The molecule has 1 atom stereocenters. The summed E-state index contributed by atoms with van der Waals surface area (Å²) in [5.41, 5.74) is 3.12. The van der Waals surface area contributed by atoms with Crippen LogP contribution >= 0.6 is 11.6 Å². The summed E-state index contributed by atoms with van der Waals surface area (Å²) in [7, 11) is 0. The number of benzene rings is 1. The molecule has 152 valence electrons. The normalized spacial score (nSPS) is 16.0. The van der Waals surface area contributed by atoms with E-state index >= 15 is 0 Å². The molecule has 1 aliphatic heterocycles. The fourth-order valence-corrected chi connectivity index (χ4v) is 3.93. The zero-order chi connectivity index (χ0) is 20.1. The zero-order valence-electron chi connectivity index (χ0n) is 16.2. The van der Waals surface area contributed by atoms with Crippen LogP contribution in [-0.4, -0.2) is 60.2 Å². The van der Waals surface area contributed by atoms with E-state index in [2.05, 4.69) is 26.3 Å². The van der Waals surface area contributed by atoms with Gasteiger partial charge in [-0.1, -0.05) is 35.9 Å². The summed E-state index contributed by atoms with van der Waals surface area (Å²) in [6.45, 7) is 4.85. The molecule has 1 aromatic carbocycles. The highest BCUT2D eigenvalue weighted by atomic mass is 35.5. The van der Waals surface area contributed by atoms with Gasteiger partial charge >= 0.3 is 0 Å². The largest absolute Gasteiger partial charge is 0.379 e. The standard InChI is InChI=1S/C22H25ClN4O2/c23-21-6-5-16(14-26-21)18(19-15-25-20-4-2-1-3-17(19)20)13-22(28)24-7-8-27-9-11-29-12-10-27/h1-6,14-15,18,25H,7-13H2,(H,24,28)/t18-/m0/s1. The van der Waals surface area contributed by atoms with Gasteiger partial charge in [-0.05, 0) is 23.3 Å². The summed E-state index contributed by atoms with van der Waals surface area (Å²) in [5.74, 6) is -0.0669. The number of rotatable bonds is 7. The van der Waals surface area contributed by atoms with Crippen molar-refractivity contribution in [1.29, 1.82) is 0 Å². The van der Waals surface area contributed by atoms with Gasteiger partial charge in [0.2, 0.25) is 5.91 Å². The average Bonchev–Trinajstić information content (AvgIpc) is 3.17. The summed E-state index contributed by atoms with van der Waals surface area (Å²) in [5, 5.41) is 4.64. The summed E-state index contributed by atoms with van der Waals surface area (Å²) in [6, 6.07) is 11.9. The molecule has 0 unspecified atom stereocenters. The van der Waals surface area contributed by atoms with Gasteiger partial charge in [0.15, 0.2) is 0 Å². The lowest BCUT2D eigenvalue weighted by molar-refractivity contribution is -0.121. The van der Waals surface area contributed by atoms with Gasteiger partial charge in [0.25, 0.3) is 0 Å². The van der Waals surface area contributed by atoms with Crippen LogP contribution in [0.1, 0.15) is 23.5 Å². The van der Waals surface area contributed by atoms with Crippen molar-refractivity contribution in [3.63, 3.8) is 0 Å². The van der Waals surface area contributed by atoms with Crippen molar-refractivity contribution in [3.8, 4) is 0 Å². The molecule has 2 N–H and O–H groups in total. The number of fused-ring (bicyclic) bond motifs is 1. The molecule has 1 amide bonds. The van der Waals surface area contributed by atoms with E-state index in [0.717, 1.165) is 54.9 Å². The van der Waals surface area contributed by atoms with Gasteiger partial charge in [-0.3, -0.25) is 9.69 Å². The Kier molecular flexibility index (Phi) is 6.44. The molecule has 0 saturated carbocycles. The second-order valence-electron chi connectivity index (χ2n) is 7.26. The molecule has 0 bridgehead atoms. The van der Waals surface area contributed by atoms with E-state index in [1.807, 2.05) is 30.5 Å². The van der Waals surface area contributed by atoms with E-state index in [4.69, 9.17) is 16.3 Å². The van der Waals surface area contributed by atoms with Crippen LogP contribution in [-0.2, 0) is 9.53 Å². The third kappa shape index (κ3) is 4.96. The number of aromatic amines is 1. The minimum Gasteiger partial charge on any atom is -0.379 e. The van der Waals surface area contributed by atoms with Gasteiger partial charge in [0.1, 0.15) is 5.15 Å². The first-order valence-electron chi connectivity index (χ1n) is 9.95. The number of carbonyl (C=O) groups excluding carboxylic acids is 1. The third-order valence-corrected chi connectivity index (χ3v) is 5.62. The number of hydrogen-bond acceptors (Lipinski definition) is 4. The molecular weight excluding hydrogens is 388 g/mol. The molecule has 0 aliphatic carbocycles. The van der Waals surface area contributed by atoms with Gasteiger partial charge in [-0.2, -0.15) is 0 Å². The first kappa shape index (κ1) is 19.9. The Morgan fingerprint density at radius 2 is 2.07 bits per heavy atom. The maximum Gasteiger partial charge on any atom is 0.220 e. The molecule has 3 heterocycles. The van der Waals surface area contributed by atoms with Crippen molar-refractivity contribution in [2.24, 2.45) is 0 Å². The van der Waals surface area contributed by atoms with Crippen molar-refractivity contribution in [1.82, 2.24) is 20.2 Å². The Hall–Kier alpha value is -2.41. The van der Waals surface area contributed by atoms with Crippen molar-refractivity contribution in [2.75, 3.05) is 39.4 Å². The minimum atomic E-state index is -0.0979. The average molecular weight is 413 g/mol. The lowest BCUT2D eigenvalue weighted by atomic mass is 9.89. The van der Waals surface area contributed by atoms with Crippen molar-refractivity contribution in [3.05, 3.63) is 65.1 Å². The van der Waals surface area contributed by atoms with Crippen LogP contribution in [0.2, 0.25) is 5.15 Å². The van der Waals surface area contributed by atoms with Crippen LogP contribution in [0.25, 0.3) is 10.9 Å². The predicted molar refractivity (Wildman–Crippen MR) is 114 cm³/mol. The van der Waals surface area contributed by atoms with Gasteiger partial charge in [-0.15, -0.1) is 0 Å². The van der Waals surface area contributed by atoms with E-state index in [-0.39, 0.29) is 11.8 Å². The van der Waals surface area contributed by atoms with Gasteiger partial charge in [0.05, 0.1) is 13.2 Å². The van der Waals surface area contributed by atoms with Crippen LogP contribution < -0.4 is 5.32 Å². The Morgan fingerprint density at radius 1 is 1.24 bits per heavy atom. The molecule has 6 nitrogen and oxygen atoms in total. The molecule has 1 aliphatic rings. The second-order valence-corrected chi connectivity index (χ2v) is 7.65. The number of amides is 1. The van der Waals surface area contributed by atoms with E-state index < -0.39 is 0 Å². The lowest BCUT2D eigenvalue weighted by Gasteiger charge is -2.26. The first-order valence-corrected chi connectivity index (χ1v) is 10.3. The van der Waals surface area contributed by atoms with Crippen molar-refractivity contribution in [2.45, 2.75) is 12.3 Å². The van der Waals surface area contributed by atoms with E-state index in [0.29, 0.717) is 18.1 Å². The highest BCUT2D eigenvalue weighted by Crippen LogP contribution is 2.33. The molecule has 29 heavy (non-hydrogen) atoms. The molecular formula is C22H25ClN4O2. The number of para-hydroxylation sites is 1. The van der Waals surface area contributed by atoms with E-state index in [1.165, 1.54) is 0 Å². The Bertz CT molecular complexity index is 951. The smallest absolute Gasteiger partial charge is 0.220 e. The van der Waals surface area contributed by atoms with Crippen LogP contribution in [0.15, 0.2) is 48.8 Å². The van der Waals surface area contributed by atoms with Crippen LogP contribution in [0.3, 0.4) is 0 Å². The summed E-state index contributed by atoms with van der Waals surface area (Å²) < 4.78 is 5.37. The number of nitrogens with zero attached hydrogens (tertiary/aromatic N) is 2. The second kappa shape index (κ2) is 9.39. The summed E-state index contributed by atoms with van der Waals surface area (Å²) >= 11 is 5.97. The zero-order valence-corrected chi connectivity index (χ0v) is 17.0. The molecule has 0 radical (unpaired) electrons. The fraction of sp³-hybridized carbons (Fsp3) is 0.364. The van der Waals surface area contributed by atoms with Crippen molar-refractivity contribution < 1.29 is 9.53 Å². The van der Waals surface area contributed by atoms with Crippen molar-refractivity contribution >= 4 is 28.4 Å². The summed E-state index contributed by atoms with van der Waals surface area (Å²) in [4.78, 5) is 22.6. The number of hydrogen-bond donors (Lipinski definition) is 2. The molecule has 4 rings (SSSR count). The van der Waals surface area contributed by atoms with Crippen LogP contribution in [0.5, 0.6) is 0 Å². The van der Waals surface area contributed by atoms with Crippen LogP contribution in [0, 0.1) is 0 Å². The Morgan fingerprint density at radius 3 is 2.86 bits per heavy atom. The van der Waals surface area contributed by atoms with Crippen LogP contribution in [0.4, 0.5) is 0 Å². The maximum atomic E-state index is 12.8. The Balaban J connectivity index is 1.48. The predicted octanol–water partition coefficient (Wildman–Crippen LogP) is 3.19. The highest BCUT2D eigenvalue weighted by Gasteiger charge is 2.22. The number of pyridine rings is 1. The third-order valence-electron chi connectivity index (χ3n) is 5.39. The lowest BCUT2D eigenvalue weighted by Crippen LogP contribution is -2.41. The monoisotopic (exact) mass is 412 g/mol. The number of nitrogens with one attached hydrogen (secondary N) is 2. The van der Waals surface area contributed by atoms with E-state index in [1.54, 1.807) is 12.3 Å². The topological polar surface area (TPSA) is 70.2 Å². The summed E-state index contributed by atoms with van der Waals surface area (Å²) in [6.07, 6.45) is 4.11. The number of morpholine rings is 1. The number of ether oxygens (including phenoxy) is 1. The van der Waals surface area contributed by atoms with E-state index in [9.17, 15) is 4.79 Å².